The molecular formula is C21H34NO6+. The third kappa shape index (κ3) is 9.52. The Bertz CT molecular complexity index is 550. The van der Waals surface area contributed by atoms with E-state index < -0.39 is 12.2 Å². The summed E-state index contributed by atoms with van der Waals surface area (Å²) in [5.41, 5.74) is 0. The maximum atomic E-state index is 10.3. The molecular weight excluding hydrogens is 362 g/mol. The molecule has 2 rings (SSSR count). The van der Waals surface area contributed by atoms with Crippen molar-refractivity contribution in [3.05, 3.63) is 48.3 Å². The lowest BCUT2D eigenvalue weighted by atomic mass is 10.1. The summed E-state index contributed by atoms with van der Waals surface area (Å²) in [4.78, 5) is 1.14. The van der Waals surface area contributed by atoms with Crippen LogP contribution in [-0.2, 0) is 22.7 Å². The fraction of sp³-hybridized carbons (Fsp3) is 0.619. The summed E-state index contributed by atoms with van der Waals surface area (Å²) in [6.07, 6.45) is 3.02. The summed E-state index contributed by atoms with van der Waals surface area (Å²) in [7, 11) is 0. The first-order valence-corrected chi connectivity index (χ1v) is 9.93. The topological polar surface area (TPSA) is 89.6 Å². The number of aliphatic hydroxyl groups excluding tert-OH is 2. The van der Waals surface area contributed by atoms with Crippen molar-refractivity contribution in [3.63, 3.8) is 0 Å². The molecule has 2 heterocycles. The fourth-order valence-corrected chi connectivity index (χ4v) is 2.95. The molecule has 0 aliphatic carbocycles. The summed E-state index contributed by atoms with van der Waals surface area (Å²) in [6.45, 7) is 7.40. The molecule has 0 bridgehead atoms. The van der Waals surface area contributed by atoms with Gasteiger partial charge in [0.1, 0.15) is 50.0 Å². The van der Waals surface area contributed by atoms with E-state index in [9.17, 15) is 10.2 Å². The van der Waals surface area contributed by atoms with Crippen molar-refractivity contribution in [3.8, 4) is 0 Å². The van der Waals surface area contributed by atoms with E-state index in [1.807, 2.05) is 24.3 Å². The third-order valence-corrected chi connectivity index (χ3v) is 4.39. The van der Waals surface area contributed by atoms with E-state index in [0.29, 0.717) is 32.2 Å². The molecule has 0 fully saturated rings. The van der Waals surface area contributed by atoms with Gasteiger partial charge in [-0.15, -0.1) is 0 Å². The Kier molecular flexibility index (Phi) is 10.3. The lowest BCUT2D eigenvalue weighted by Gasteiger charge is -2.25. The number of aliphatic hydroxyl groups is 2. The highest BCUT2D eigenvalue weighted by Crippen LogP contribution is 2.03. The van der Waals surface area contributed by atoms with Crippen LogP contribution in [0.5, 0.6) is 0 Å². The van der Waals surface area contributed by atoms with Crippen molar-refractivity contribution in [2.45, 2.75) is 45.7 Å². The molecule has 0 saturated heterocycles. The van der Waals surface area contributed by atoms with E-state index in [2.05, 4.69) is 13.8 Å². The van der Waals surface area contributed by atoms with Crippen molar-refractivity contribution >= 4 is 0 Å². The molecule has 2 aromatic rings. The van der Waals surface area contributed by atoms with Crippen molar-refractivity contribution < 1.29 is 33.4 Å². The Morgan fingerprint density at radius 2 is 1.39 bits per heavy atom. The molecule has 7 nitrogen and oxygen atoms in total. The van der Waals surface area contributed by atoms with Crippen LogP contribution in [0.25, 0.3) is 0 Å². The Morgan fingerprint density at radius 1 is 0.893 bits per heavy atom. The fourth-order valence-electron chi connectivity index (χ4n) is 2.95. The summed E-state index contributed by atoms with van der Waals surface area (Å²) < 4.78 is 21.5. The number of hydrogen-bond donors (Lipinski definition) is 3. The summed E-state index contributed by atoms with van der Waals surface area (Å²) >= 11 is 0. The summed E-state index contributed by atoms with van der Waals surface area (Å²) in [5.74, 6) is 2.04. The highest BCUT2D eigenvalue weighted by molar-refractivity contribution is 4.96. The average Bonchev–Trinajstić information content (AvgIpc) is 3.33. The van der Waals surface area contributed by atoms with Gasteiger partial charge in [-0.3, -0.25) is 0 Å². The zero-order valence-corrected chi connectivity index (χ0v) is 16.9. The number of furan rings is 2. The maximum absolute atomic E-state index is 10.3. The standard InChI is InChI=1S/C21H33NO6/c1-17(2)7-8-22(11-18(23)13-25-15-20-5-3-9-27-20)12-19(24)14-26-16-21-6-4-10-28-21/h3-6,9-10,17-19,23-24H,7-8,11-16H2,1-2H3/p+1/t18-,19-/m0/s1. The third-order valence-electron chi connectivity index (χ3n) is 4.39. The second-order valence-electron chi connectivity index (χ2n) is 7.59. The molecule has 3 N–H and O–H groups in total. The van der Waals surface area contributed by atoms with Crippen LogP contribution in [0.2, 0.25) is 0 Å². The first-order chi connectivity index (χ1) is 13.5. The zero-order chi connectivity index (χ0) is 20.2. The number of rotatable bonds is 15. The largest absolute Gasteiger partial charge is 0.467 e. The number of ether oxygens (including phenoxy) is 2. The summed E-state index contributed by atoms with van der Waals surface area (Å²) in [5, 5.41) is 20.7. The second-order valence-corrected chi connectivity index (χ2v) is 7.59. The molecule has 28 heavy (non-hydrogen) atoms. The Labute approximate surface area is 166 Å². The van der Waals surface area contributed by atoms with Crippen LogP contribution in [0.3, 0.4) is 0 Å². The highest BCUT2D eigenvalue weighted by Gasteiger charge is 2.20. The van der Waals surface area contributed by atoms with Gasteiger partial charge >= 0.3 is 0 Å². The van der Waals surface area contributed by atoms with Crippen LogP contribution in [-0.4, -0.2) is 55.3 Å². The van der Waals surface area contributed by atoms with Crippen LogP contribution in [0.4, 0.5) is 0 Å². The van der Waals surface area contributed by atoms with Gasteiger partial charge in [-0.1, -0.05) is 13.8 Å². The van der Waals surface area contributed by atoms with Gasteiger partial charge in [0.2, 0.25) is 0 Å². The number of nitrogens with one attached hydrogen (secondary N) is 1. The van der Waals surface area contributed by atoms with Crippen LogP contribution >= 0.6 is 0 Å². The Morgan fingerprint density at radius 3 is 1.79 bits per heavy atom. The van der Waals surface area contributed by atoms with Crippen LogP contribution in [0.1, 0.15) is 31.8 Å². The van der Waals surface area contributed by atoms with E-state index in [-0.39, 0.29) is 13.2 Å². The van der Waals surface area contributed by atoms with Crippen LogP contribution in [0, 0.1) is 5.92 Å². The van der Waals surface area contributed by atoms with Gasteiger partial charge in [-0.2, -0.15) is 0 Å². The minimum Gasteiger partial charge on any atom is -0.467 e. The van der Waals surface area contributed by atoms with Crippen molar-refractivity contribution in [1.29, 1.82) is 0 Å². The van der Waals surface area contributed by atoms with Crippen molar-refractivity contribution in [2.24, 2.45) is 5.92 Å². The highest BCUT2D eigenvalue weighted by atomic mass is 16.5. The normalized spacial score (nSPS) is 14.1. The number of hydrogen-bond acceptors (Lipinski definition) is 6. The molecule has 0 aromatic carbocycles. The Hall–Kier alpha value is -1.64. The molecule has 0 amide bonds. The van der Waals surface area contributed by atoms with Crippen LogP contribution < -0.4 is 4.90 Å². The Balaban J connectivity index is 1.70. The lowest BCUT2D eigenvalue weighted by Crippen LogP contribution is -3.14. The smallest absolute Gasteiger partial charge is 0.129 e. The zero-order valence-electron chi connectivity index (χ0n) is 16.9. The minimum absolute atomic E-state index is 0.233. The molecule has 0 unspecified atom stereocenters. The predicted octanol–water partition coefficient (Wildman–Crippen LogP) is 1.26. The molecule has 2 aromatic heterocycles. The number of quaternary nitrogens is 1. The molecule has 0 spiro atoms. The molecule has 7 heteroatoms. The van der Waals surface area contributed by atoms with Gasteiger partial charge in [-0.05, 0) is 36.6 Å². The van der Waals surface area contributed by atoms with Gasteiger partial charge in [-0.25, -0.2) is 0 Å². The monoisotopic (exact) mass is 396 g/mol. The molecule has 0 saturated carbocycles. The predicted molar refractivity (Wildman–Crippen MR) is 104 cm³/mol. The van der Waals surface area contributed by atoms with Crippen LogP contribution in [0.15, 0.2) is 45.6 Å². The van der Waals surface area contributed by atoms with E-state index in [1.165, 1.54) is 0 Å². The lowest BCUT2D eigenvalue weighted by molar-refractivity contribution is -0.907. The van der Waals surface area contributed by atoms with Gasteiger partial charge in [0.15, 0.2) is 0 Å². The van der Waals surface area contributed by atoms with E-state index >= 15 is 0 Å². The SMILES string of the molecule is CC(C)CC[NH+](C[C@H](O)COCc1ccco1)C[C@H](O)COCc1ccco1. The van der Waals surface area contributed by atoms with E-state index in [0.717, 1.165) is 29.4 Å². The molecule has 0 radical (unpaired) electrons. The molecule has 158 valence electrons. The van der Waals surface area contributed by atoms with E-state index in [4.69, 9.17) is 18.3 Å². The van der Waals surface area contributed by atoms with Crippen molar-refractivity contribution in [2.75, 3.05) is 32.8 Å². The molecule has 0 aliphatic rings. The first-order valence-electron chi connectivity index (χ1n) is 9.93. The van der Waals surface area contributed by atoms with Gasteiger partial charge < -0.3 is 33.4 Å². The quantitative estimate of drug-likeness (QED) is 0.420. The first kappa shape index (κ1) is 22.6. The summed E-state index contributed by atoms with van der Waals surface area (Å²) in [6, 6.07) is 7.29. The average molecular weight is 397 g/mol. The van der Waals surface area contributed by atoms with Gasteiger partial charge in [0.25, 0.3) is 0 Å². The van der Waals surface area contributed by atoms with Gasteiger partial charge in [0.05, 0.1) is 32.3 Å². The van der Waals surface area contributed by atoms with Crippen molar-refractivity contribution in [1.82, 2.24) is 0 Å². The molecule has 2 atom stereocenters. The maximum Gasteiger partial charge on any atom is 0.129 e. The minimum atomic E-state index is -0.603. The molecule has 0 aliphatic heterocycles. The second kappa shape index (κ2) is 12.7. The van der Waals surface area contributed by atoms with E-state index in [1.54, 1.807) is 12.5 Å². The van der Waals surface area contributed by atoms with Gasteiger partial charge in [0, 0.05) is 0 Å².